The van der Waals surface area contributed by atoms with E-state index >= 15 is 0 Å². The first-order chi connectivity index (χ1) is 28.7. The van der Waals surface area contributed by atoms with E-state index in [0.717, 1.165) is 122 Å². The van der Waals surface area contributed by atoms with Crippen LogP contribution < -0.4 is 0 Å². The van der Waals surface area contributed by atoms with Crippen LogP contribution in [0, 0.1) is 0 Å². The smallest absolute Gasteiger partial charge is 0.306 e. The fraction of sp³-hybridized carbons (Fsp3) is 0.939. The highest BCUT2D eigenvalue weighted by atomic mass is 32.2. The van der Waals surface area contributed by atoms with E-state index in [1.54, 1.807) is 4.90 Å². The molecule has 0 bridgehead atoms. The van der Waals surface area contributed by atoms with Crippen molar-refractivity contribution >= 4 is 29.0 Å². The largest absolute Gasteiger partial charge is 0.754 e. The second-order valence-corrected chi connectivity index (χ2v) is 18.1. The molecule has 0 amide bonds. The van der Waals surface area contributed by atoms with Crippen LogP contribution in [0.15, 0.2) is 4.40 Å². The molecular weight excluding hydrogens is 759 g/mol. The topological polar surface area (TPSA) is 112 Å². The summed E-state index contributed by atoms with van der Waals surface area (Å²) in [5.41, 5.74) is 0. The van der Waals surface area contributed by atoms with Crippen molar-refractivity contribution in [3.8, 4) is 0 Å². The van der Waals surface area contributed by atoms with Gasteiger partial charge >= 0.3 is 11.9 Å². The predicted molar refractivity (Wildman–Crippen MR) is 251 cm³/mol. The average Bonchev–Trinajstić information content (AvgIpc) is 3.21. The van der Waals surface area contributed by atoms with E-state index in [9.17, 15) is 18.4 Å². The molecule has 1 atom stereocenters. The predicted octanol–water partition coefficient (Wildman–Crippen LogP) is 13.6. The second-order valence-electron chi connectivity index (χ2n) is 17.5. The van der Waals surface area contributed by atoms with Gasteiger partial charge in [0.25, 0.3) is 0 Å². The molecule has 0 heterocycles. The van der Waals surface area contributed by atoms with E-state index in [2.05, 4.69) is 30.1 Å². The summed E-state index contributed by atoms with van der Waals surface area (Å²) < 4.78 is 37.6. The highest BCUT2D eigenvalue weighted by Crippen LogP contribution is 2.19. The van der Waals surface area contributed by atoms with Crippen molar-refractivity contribution < 1.29 is 27.8 Å². The van der Waals surface area contributed by atoms with Crippen LogP contribution in [0.25, 0.3) is 0 Å². The molecule has 0 aromatic heterocycles. The number of rotatable bonds is 45. The van der Waals surface area contributed by atoms with Crippen LogP contribution in [0.1, 0.15) is 252 Å². The summed E-state index contributed by atoms with van der Waals surface area (Å²) in [6.45, 7) is 10.4. The van der Waals surface area contributed by atoms with E-state index < -0.39 is 11.3 Å². The highest BCUT2D eigenvalue weighted by molar-refractivity contribution is 7.77. The van der Waals surface area contributed by atoms with Crippen molar-refractivity contribution in [3.63, 3.8) is 0 Å². The number of amidine groups is 1. The Balaban J connectivity index is 4.55. The number of ether oxygens (including phenoxy) is 2. The number of carbonyl (C=O) groups excluding carboxylic acids is 2. The number of nitrogens with zero attached hydrogens (tertiary/aromatic N) is 3. The average molecular weight is 855 g/mol. The second kappa shape index (κ2) is 44.5. The van der Waals surface area contributed by atoms with Crippen LogP contribution >= 0.6 is 0 Å². The summed E-state index contributed by atoms with van der Waals surface area (Å²) in [7, 11) is 3.68. The molecule has 9 nitrogen and oxygen atoms in total. The Labute approximate surface area is 368 Å². The maximum Gasteiger partial charge on any atom is 0.306 e. The summed E-state index contributed by atoms with van der Waals surface area (Å²) in [6, 6.07) is 0. The number of hydrogen-bond donors (Lipinski definition) is 0. The summed E-state index contributed by atoms with van der Waals surface area (Å²) >= 11 is -2.43. The van der Waals surface area contributed by atoms with Crippen LogP contribution in [0.3, 0.4) is 0 Å². The Kier molecular flexibility index (Phi) is 43.4. The Morgan fingerprint density at radius 1 is 0.508 bits per heavy atom. The molecule has 0 saturated heterocycles. The monoisotopic (exact) mass is 855 g/mol. The van der Waals surface area contributed by atoms with Crippen LogP contribution in [-0.2, 0) is 30.3 Å². The summed E-state index contributed by atoms with van der Waals surface area (Å²) in [4.78, 5) is 29.4. The lowest BCUT2D eigenvalue weighted by atomic mass is 10.0. The molecule has 0 N–H and O–H groups in total. The van der Waals surface area contributed by atoms with E-state index in [4.69, 9.17) is 9.47 Å². The molecule has 0 fully saturated rings. The van der Waals surface area contributed by atoms with Crippen LogP contribution in [0.4, 0.5) is 0 Å². The van der Waals surface area contributed by atoms with E-state index in [1.807, 2.05) is 14.1 Å². The van der Waals surface area contributed by atoms with Crippen LogP contribution in [-0.4, -0.2) is 82.8 Å². The van der Waals surface area contributed by atoms with Gasteiger partial charge in [-0.25, -0.2) is 0 Å². The van der Waals surface area contributed by atoms with Crippen LogP contribution in [0.2, 0.25) is 0 Å². The molecule has 0 aliphatic rings. The molecule has 350 valence electrons. The molecule has 10 heteroatoms. The molecule has 0 aliphatic heterocycles. The third kappa shape index (κ3) is 41.6. The van der Waals surface area contributed by atoms with Gasteiger partial charge in [0.2, 0.25) is 0 Å². The molecule has 0 aromatic rings. The molecule has 0 spiro atoms. The quantitative estimate of drug-likeness (QED) is 0.0196. The van der Waals surface area contributed by atoms with Gasteiger partial charge in [0.15, 0.2) is 0 Å². The van der Waals surface area contributed by atoms with Gasteiger partial charge in [-0.05, 0) is 90.3 Å². The lowest BCUT2D eigenvalue weighted by Crippen LogP contribution is -2.28. The molecule has 0 radical (unpaired) electrons. The van der Waals surface area contributed by atoms with E-state index in [1.165, 1.54) is 109 Å². The zero-order chi connectivity index (χ0) is 43.4. The molecule has 59 heavy (non-hydrogen) atoms. The molecular formula is C49H96N3O6S-. The summed E-state index contributed by atoms with van der Waals surface area (Å²) in [5, 5.41) is 0. The van der Waals surface area contributed by atoms with Gasteiger partial charge in [-0.3, -0.25) is 13.8 Å². The maximum atomic E-state index is 12.8. The van der Waals surface area contributed by atoms with Crippen molar-refractivity contribution in [2.75, 3.05) is 40.3 Å². The number of hydrogen-bond acceptors (Lipinski definition) is 7. The van der Waals surface area contributed by atoms with Gasteiger partial charge in [0.1, 0.15) is 11.9 Å². The van der Waals surface area contributed by atoms with Crippen molar-refractivity contribution in [3.05, 3.63) is 0 Å². The third-order valence-corrected chi connectivity index (χ3v) is 12.0. The first kappa shape index (κ1) is 57.5. The SMILES string of the molecule is CCCCCCCCCOC(=O)CCCCCCCN(CCCCCCCC(=O)OC(CCCCCCCC)CCCCCCCC)CCCC/C(=N/S(=O)[O-])N(C)C. The van der Waals surface area contributed by atoms with Gasteiger partial charge in [0.05, 0.1) is 17.9 Å². The fourth-order valence-corrected chi connectivity index (χ4v) is 8.22. The van der Waals surface area contributed by atoms with Crippen LogP contribution in [0.5, 0.6) is 0 Å². The Bertz CT molecular complexity index is 981. The normalized spacial score (nSPS) is 12.4. The zero-order valence-electron chi connectivity index (χ0n) is 39.6. The zero-order valence-corrected chi connectivity index (χ0v) is 40.4. The number of unbranched alkanes of at least 4 members (excludes halogenated alkanes) is 25. The van der Waals surface area contributed by atoms with E-state index in [-0.39, 0.29) is 18.0 Å². The van der Waals surface area contributed by atoms with Crippen molar-refractivity contribution in [1.29, 1.82) is 0 Å². The lowest BCUT2D eigenvalue weighted by Gasteiger charge is -2.23. The van der Waals surface area contributed by atoms with Gasteiger partial charge < -0.3 is 23.8 Å². The Morgan fingerprint density at radius 3 is 1.34 bits per heavy atom. The number of carbonyl (C=O) groups is 2. The van der Waals surface area contributed by atoms with Crippen molar-refractivity contribution in [2.45, 2.75) is 258 Å². The molecule has 0 aromatic carbocycles. The van der Waals surface area contributed by atoms with Crippen molar-refractivity contribution in [2.24, 2.45) is 4.40 Å². The lowest BCUT2D eigenvalue weighted by molar-refractivity contribution is -0.150. The Hall–Kier alpha value is -1.52. The van der Waals surface area contributed by atoms with Gasteiger partial charge in [0, 0.05) is 33.4 Å². The van der Waals surface area contributed by atoms with Gasteiger partial charge in [-0.15, -0.1) is 0 Å². The van der Waals surface area contributed by atoms with Gasteiger partial charge in [-0.1, -0.05) is 162 Å². The Morgan fingerprint density at radius 2 is 0.881 bits per heavy atom. The molecule has 1 unspecified atom stereocenters. The minimum atomic E-state index is -2.43. The molecule has 0 rings (SSSR count). The fourth-order valence-electron chi connectivity index (χ4n) is 7.79. The number of esters is 2. The first-order valence-corrected chi connectivity index (χ1v) is 26.2. The molecule has 0 aliphatic carbocycles. The van der Waals surface area contributed by atoms with Crippen molar-refractivity contribution in [1.82, 2.24) is 9.80 Å². The highest BCUT2D eigenvalue weighted by Gasteiger charge is 2.15. The standard InChI is InChI=1S/C49H97N3O6S/c1-6-9-12-15-18-27-36-45-57-48(53)40-30-23-19-25-33-42-52(44-35-32-39-47(51(4)5)50-59(55)56)43-34-26-20-24-31-41-49(54)58-46(37-28-21-16-13-10-7-2)38-29-22-17-14-11-8-3/h46H,6-45H2,1-5H3,(H,55,56)/p-1/b50-47-. The van der Waals surface area contributed by atoms with E-state index in [0.29, 0.717) is 31.7 Å². The van der Waals surface area contributed by atoms with Gasteiger partial charge in [-0.2, -0.15) is 4.40 Å². The molecule has 0 saturated carbocycles. The minimum Gasteiger partial charge on any atom is -0.754 e. The summed E-state index contributed by atoms with van der Waals surface area (Å²) in [6.07, 6.45) is 40.4. The first-order valence-electron chi connectivity index (χ1n) is 25.1. The summed E-state index contributed by atoms with van der Waals surface area (Å²) in [5.74, 6) is 0.555. The minimum absolute atomic E-state index is 0.000776. The third-order valence-electron chi connectivity index (χ3n) is 11.6. The maximum absolute atomic E-state index is 12.8.